The quantitative estimate of drug-likeness (QED) is 0.587. The molecule has 3 aromatic rings. The molecule has 0 saturated heterocycles. The van der Waals surface area contributed by atoms with Gasteiger partial charge in [0.25, 0.3) is 5.89 Å². The van der Waals surface area contributed by atoms with Gasteiger partial charge < -0.3 is 19.5 Å². The molecule has 0 bridgehead atoms. The topological polar surface area (TPSA) is 63.4 Å². The van der Waals surface area contributed by atoms with Gasteiger partial charge in [0.15, 0.2) is 5.11 Å². The number of nitrogens with one attached hydrogen (secondary N) is 1. The van der Waals surface area contributed by atoms with Gasteiger partial charge in [-0.15, -0.1) is 11.3 Å². The molecule has 3 heterocycles. The molecule has 1 N–H and O–H groups in total. The zero-order valence-corrected chi connectivity index (χ0v) is 17.5. The number of ether oxygens (including phenoxy) is 1. The number of benzene rings is 1. The van der Waals surface area contributed by atoms with E-state index in [1.807, 2.05) is 29.3 Å². The van der Waals surface area contributed by atoms with Crippen LogP contribution in [0.1, 0.15) is 24.4 Å². The third-order valence-corrected chi connectivity index (χ3v) is 5.92. The van der Waals surface area contributed by atoms with Crippen LogP contribution in [0.4, 0.5) is 4.39 Å². The Morgan fingerprint density at radius 1 is 1.31 bits per heavy atom. The Bertz CT molecular complexity index is 1030. The number of thiocarbonyl (C=S) groups is 1. The average molecular weight is 431 g/mol. The van der Waals surface area contributed by atoms with Gasteiger partial charge in [0.1, 0.15) is 5.82 Å². The fraction of sp³-hybridized carbons (Fsp3) is 0.250. The molecule has 0 saturated carbocycles. The van der Waals surface area contributed by atoms with Gasteiger partial charge in [-0.05, 0) is 48.3 Å². The fourth-order valence-electron chi connectivity index (χ4n) is 3.25. The summed E-state index contributed by atoms with van der Waals surface area (Å²) in [7, 11) is 1.65. The summed E-state index contributed by atoms with van der Waals surface area (Å²) in [5.41, 5.74) is 2.54. The summed E-state index contributed by atoms with van der Waals surface area (Å²) in [5, 5.41) is 10.0. The smallest absolute Gasteiger partial charge is 0.258 e. The lowest BCUT2D eigenvalue weighted by Crippen LogP contribution is -2.47. The van der Waals surface area contributed by atoms with Crippen molar-refractivity contribution in [3.63, 3.8) is 0 Å². The SMILES string of the molecule is COCCN1C(=S)NC(c2ccc(F)cc2)C(c2nc(-c3cccs3)no2)=C1C. The zero-order chi connectivity index (χ0) is 20.4. The number of hydrogen-bond acceptors (Lipinski definition) is 6. The van der Waals surface area contributed by atoms with Crippen LogP contribution in [0.15, 0.2) is 52.0 Å². The molecule has 2 aromatic heterocycles. The number of hydrogen-bond donors (Lipinski definition) is 1. The van der Waals surface area contributed by atoms with Crippen molar-refractivity contribution in [1.82, 2.24) is 20.4 Å². The molecular weight excluding hydrogens is 411 g/mol. The van der Waals surface area contributed by atoms with Gasteiger partial charge in [-0.3, -0.25) is 0 Å². The standard InChI is InChI=1S/C20H19FN4O2S2/c1-12-16(19-23-18(24-27-19)15-4-3-11-29-15)17(13-5-7-14(21)8-6-13)22-20(28)25(12)9-10-26-2/h3-8,11,17H,9-10H2,1-2H3,(H,22,28). The van der Waals surface area contributed by atoms with Crippen molar-refractivity contribution in [1.29, 1.82) is 0 Å². The van der Waals surface area contributed by atoms with E-state index < -0.39 is 0 Å². The minimum atomic E-state index is -0.335. The Morgan fingerprint density at radius 2 is 2.10 bits per heavy atom. The highest BCUT2D eigenvalue weighted by Gasteiger charge is 2.34. The molecule has 0 radical (unpaired) electrons. The van der Waals surface area contributed by atoms with Crippen molar-refractivity contribution in [2.45, 2.75) is 13.0 Å². The van der Waals surface area contributed by atoms with E-state index in [0.29, 0.717) is 30.0 Å². The molecule has 1 atom stereocenters. The van der Waals surface area contributed by atoms with Crippen molar-refractivity contribution in [3.05, 3.63) is 64.7 Å². The van der Waals surface area contributed by atoms with Gasteiger partial charge in [0, 0.05) is 19.4 Å². The first-order valence-electron chi connectivity index (χ1n) is 8.99. The summed E-state index contributed by atoms with van der Waals surface area (Å²) >= 11 is 7.12. The fourth-order valence-corrected chi connectivity index (χ4v) is 4.25. The van der Waals surface area contributed by atoms with Gasteiger partial charge in [-0.25, -0.2) is 4.39 Å². The molecule has 0 fully saturated rings. The molecule has 150 valence electrons. The third kappa shape index (κ3) is 3.93. The van der Waals surface area contributed by atoms with Crippen LogP contribution in [0.3, 0.4) is 0 Å². The van der Waals surface area contributed by atoms with Crippen molar-refractivity contribution >= 4 is 34.2 Å². The van der Waals surface area contributed by atoms with Gasteiger partial charge in [0.05, 0.1) is 23.1 Å². The highest BCUT2D eigenvalue weighted by Crippen LogP contribution is 2.37. The summed E-state index contributed by atoms with van der Waals surface area (Å²) in [6.45, 7) is 3.06. The van der Waals surface area contributed by atoms with E-state index in [4.69, 9.17) is 21.5 Å². The predicted molar refractivity (Wildman–Crippen MR) is 114 cm³/mol. The summed E-state index contributed by atoms with van der Waals surface area (Å²) in [4.78, 5) is 7.49. The van der Waals surface area contributed by atoms with Crippen molar-refractivity contribution in [2.24, 2.45) is 0 Å². The molecule has 1 aromatic carbocycles. The summed E-state index contributed by atoms with van der Waals surface area (Å²) in [6.07, 6.45) is 0. The lowest BCUT2D eigenvalue weighted by Gasteiger charge is -2.37. The third-order valence-electron chi connectivity index (χ3n) is 4.72. The van der Waals surface area contributed by atoms with Crippen LogP contribution in [0.2, 0.25) is 0 Å². The van der Waals surface area contributed by atoms with Crippen LogP contribution < -0.4 is 5.32 Å². The van der Waals surface area contributed by atoms with Crippen LogP contribution in [0, 0.1) is 5.82 Å². The molecule has 9 heteroatoms. The highest BCUT2D eigenvalue weighted by molar-refractivity contribution is 7.80. The number of halogens is 1. The second-order valence-corrected chi connectivity index (χ2v) is 7.81. The van der Waals surface area contributed by atoms with Crippen LogP contribution in [0.25, 0.3) is 16.3 Å². The van der Waals surface area contributed by atoms with Crippen LogP contribution in [0.5, 0.6) is 0 Å². The number of allylic oxidation sites excluding steroid dienone is 1. The van der Waals surface area contributed by atoms with Gasteiger partial charge in [0.2, 0.25) is 5.82 Å². The predicted octanol–water partition coefficient (Wildman–Crippen LogP) is 4.25. The lowest BCUT2D eigenvalue weighted by atomic mass is 9.95. The van der Waals surface area contributed by atoms with Crippen molar-refractivity contribution < 1.29 is 13.7 Å². The van der Waals surface area contributed by atoms with Crippen LogP contribution in [-0.2, 0) is 4.74 Å². The Balaban J connectivity index is 1.79. The molecule has 0 aliphatic carbocycles. The van der Waals surface area contributed by atoms with E-state index in [1.165, 1.54) is 12.1 Å². The number of methoxy groups -OCH3 is 1. The molecular formula is C20H19FN4O2S2. The van der Waals surface area contributed by atoms with Gasteiger partial charge in [-0.2, -0.15) is 4.98 Å². The summed E-state index contributed by atoms with van der Waals surface area (Å²) in [6, 6.07) is 9.85. The summed E-state index contributed by atoms with van der Waals surface area (Å²) < 4.78 is 24.3. The maximum Gasteiger partial charge on any atom is 0.258 e. The maximum atomic E-state index is 13.5. The molecule has 6 nitrogen and oxygen atoms in total. The van der Waals surface area contributed by atoms with Gasteiger partial charge in [-0.1, -0.05) is 23.4 Å². The second-order valence-electron chi connectivity index (χ2n) is 6.48. The molecule has 1 aliphatic rings. The largest absolute Gasteiger partial charge is 0.383 e. The molecule has 29 heavy (non-hydrogen) atoms. The average Bonchev–Trinajstić information content (AvgIpc) is 3.40. The molecule has 1 unspecified atom stereocenters. The first-order valence-corrected chi connectivity index (χ1v) is 10.3. The van der Waals surface area contributed by atoms with Gasteiger partial charge >= 0.3 is 0 Å². The molecule has 0 spiro atoms. The van der Waals surface area contributed by atoms with E-state index in [9.17, 15) is 4.39 Å². The normalized spacial score (nSPS) is 17.0. The maximum absolute atomic E-state index is 13.5. The number of thiophene rings is 1. The Morgan fingerprint density at radius 3 is 2.79 bits per heavy atom. The van der Waals surface area contributed by atoms with Crippen molar-refractivity contribution in [3.8, 4) is 10.7 Å². The zero-order valence-electron chi connectivity index (χ0n) is 15.9. The number of nitrogens with zero attached hydrogens (tertiary/aromatic N) is 3. The Hall–Kier alpha value is -2.62. The van der Waals surface area contributed by atoms with E-state index in [-0.39, 0.29) is 11.9 Å². The monoisotopic (exact) mass is 430 g/mol. The number of aromatic nitrogens is 2. The van der Waals surface area contributed by atoms with E-state index in [1.54, 1.807) is 30.6 Å². The molecule has 1 aliphatic heterocycles. The molecule has 0 amide bonds. The Labute approximate surface area is 177 Å². The second kappa shape index (κ2) is 8.40. The van der Waals surface area contributed by atoms with E-state index in [0.717, 1.165) is 21.7 Å². The van der Waals surface area contributed by atoms with Crippen LogP contribution >= 0.6 is 23.6 Å². The molecule has 4 rings (SSSR count). The van der Waals surface area contributed by atoms with Crippen molar-refractivity contribution in [2.75, 3.05) is 20.3 Å². The minimum absolute atomic E-state index is 0.297. The number of rotatable bonds is 6. The first-order chi connectivity index (χ1) is 14.1. The highest BCUT2D eigenvalue weighted by atomic mass is 32.1. The lowest BCUT2D eigenvalue weighted by molar-refractivity contribution is 0.183. The van der Waals surface area contributed by atoms with E-state index >= 15 is 0 Å². The van der Waals surface area contributed by atoms with E-state index in [2.05, 4.69) is 15.5 Å². The van der Waals surface area contributed by atoms with Crippen LogP contribution in [-0.4, -0.2) is 40.4 Å². The first kappa shape index (κ1) is 19.7. The Kier molecular flexibility index (Phi) is 5.70. The summed E-state index contributed by atoms with van der Waals surface area (Å²) in [5.74, 6) is 0.635. The minimum Gasteiger partial charge on any atom is -0.383 e.